The molecule has 1 amide bonds. The molecule has 0 N–H and O–H groups in total. The second-order valence-electron chi connectivity index (χ2n) is 5.55. The Morgan fingerprint density at radius 3 is 2.73 bits per heavy atom. The first kappa shape index (κ1) is 15.1. The summed E-state index contributed by atoms with van der Waals surface area (Å²) < 4.78 is 15.7. The van der Waals surface area contributed by atoms with Gasteiger partial charge >= 0.3 is 0 Å². The second kappa shape index (κ2) is 6.98. The maximum Gasteiger partial charge on any atom is 0.254 e. The lowest BCUT2D eigenvalue weighted by atomic mass is 10.1. The number of benzene rings is 1. The highest BCUT2D eigenvalue weighted by molar-refractivity contribution is 5.95. The number of amides is 1. The molecular formula is C16H22N2O4. The Labute approximate surface area is 130 Å². The molecule has 1 aromatic carbocycles. The summed E-state index contributed by atoms with van der Waals surface area (Å²) in [6, 6.07) is 5.38. The molecule has 1 fully saturated rings. The smallest absolute Gasteiger partial charge is 0.254 e. The zero-order chi connectivity index (χ0) is 15.4. The lowest BCUT2D eigenvalue weighted by molar-refractivity contribution is 0.0623. The first-order valence-electron chi connectivity index (χ1n) is 7.68. The normalized spacial score (nSPS) is 17.8. The highest BCUT2D eigenvalue weighted by atomic mass is 16.7. The van der Waals surface area contributed by atoms with Crippen molar-refractivity contribution >= 4 is 5.91 Å². The maximum atomic E-state index is 12.6. The van der Waals surface area contributed by atoms with E-state index in [0.717, 1.165) is 45.8 Å². The van der Waals surface area contributed by atoms with Gasteiger partial charge in [0.1, 0.15) is 0 Å². The molecule has 120 valence electrons. The van der Waals surface area contributed by atoms with Crippen LogP contribution in [0.5, 0.6) is 11.5 Å². The molecule has 0 radical (unpaired) electrons. The summed E-state index contributed by atoms with van der Waals surface area (Å²) in [6.45, 7) is 5.41. The largest absolute Gasteiger partial charge is 0.454 e. The molecule has 3 rings (SSSR count). The molecule has 2 heterocycles. The third-order valence-electron chi connectivity index (χ3n) is 4.10. The molecule has 0 bridgehead atoms. The maximum absolute atomic E-state index is 12.6. The fourth-order valence-electron chi connectivity index (χ4n) is 2.82. The molecule has 0 aliphatic carbocycles. The molecule has 6 heteroatoms. The van der Waals surface area contributed by atoms with E-state index in [1.165, 1.54) is 0 Å². The van der Waals surface area contributed by atoms with Gasteiger partial charge in [-0.15, -0.1) is 0 Å². The summed E-state index contributed by atoms with van der Waals surface area (Å²) in [4.78, 5) is 16.8. The minimum absolute atomic E-state index is 0.0647. The van der Waals surface area contributed by atoms with Crippen molar-refractivity contribution < 1.29 is 19.0 Å². The Balaban J connectivity index is 1.53. The summed E-state index contributed by atoms with van der Waals surface area (Å²) in [7, 11) is 1.72. The Morgan fingerprint density at radius 2 is 1.95 bits per heavy atom. The molecule has 2 aliphatic rings. The Kier molecular flexibility index (Phi) is 4.80. The lowest BCUT2D eigenvalue weighted by Gasteiger charge is -2.34. The van der Waals surface area contributed by atoms with Gasteiger partial charge in [-0.05, 0) is 24.6 Å². The van der Waals surface area contributed by atoms with Crippen LogP contribution in [0.4, 0.5) is 0 Å². The minimum Gasteiger partial charge on any atom is -0.454 e. The van der Waals surface area contributed by atoms with Gasteiger partial charge in [-0.3, -0.25) is 9.69 Å². The zero-order valence-electron chi connectivity index (χ0n) is 12.9. The molecule has 1 saturated heterocycles. The number of nitrogens with zero attached hydrogens (tertiary/aromatic N) is 2. The van der Waals surface area contributed by atoms with E-state index in [1.54, 1.807) is 25.3 Å². The van der Waals surface area contributed by atoms with Crippen molar-refractivity contribution in [3.63, 3.8) is 0 Å². The van der Waals surface area contributed by atoms with Gasteiger partial charge < -0.3 is 19.1 Å². The Morgan fingerprint density at radius 1 is 1.18 bits per heavy atom. The van der Waals surface area contributed by atoms with Gasteiger partial charge in [-0.2, -0.15) is 0 Å². The highest BCUT2D eigenvalue weighted by Crippen LogP contribution is 2.32. The third kappa shape index (κ3) is 3.34. The van der Waals surface area contributed by atoms with Crippen LogP contribution in [-0.4, -0.2) is 68.9 Å². The van der Waals surface area contributed by atoms with Crippen LogP contribution < -0.4 is 9.47 Å². The predicted molar refractivity (Wildman–Crippen MR) is 81.4 cm³/mol. The zero-order valence-corrected chi connectivity index (χ0v) is 12.9. The van der Waals surface area contributed by atoms with E-state index in [1.807, 2.05) is 4.90 Å². The SMILES string of the molecule is COCCCN1CCN(C(=O)c2ccc3c(c2)OCO3)CC1. The summed E-state index contributed by atoms with van der Waals surface area (Å²) in [5.74, 6) is 1.43. The molecule has 0 aromatic heterocycles. The number of carbonyl (C=O) groups excluding carboxylic acids is 1. The number of ether oxygens (including phenoxy) is 3. The number of hydrogen-bond donors (Lipinski definition) is 0. The summed E-state index contributed by atoms with van der Waals surface area (Å²) >= 11 is 0. The Hall–Kier alpha value is -1.79. The fourth-order valence-corrected chi connectivity index (χ4v) is 2.82. The van der Waals surface area contributed by atoms with Gasteiger partial charge in [0, 0.05) is 52.0 Å². The van der Waals surface area contributed by atoms with Crippen molar-refractivity contribution in [1.29, 1.82) is 0 Å². The number of methoxy groups -OCH3 is 1. The number of carbonyl (C=O) groups is 1. The lowest BCUT2D eigenvalue weighted by Crippen LogP contribution is -2.48. The second-order valence-corrected chi connectivity index (χ2v) is 5.55. The van der Waals surface area contributed by atoms with Crippen LogP contribution in [0.25, 0.3) is 0 Å². The van der Waals surface area contributed by atoms with Gasteiger partial charge in [0.05, 0.1) is 0 Å². The van der Waals surface area contributed by atoms with Crippen LogP contribution in [0.15, 0.2) is 18.2 Å². The highest BCUT2D eigenvalue weighted by Gasteiger charge is 2.23. The van der Waals surface area contributed by atoms with E-state index >= 15 is 0 Å². The van der Waals surface area contributed by atoms with Gasteiger partial charge in [0.15, 0.2) is 11.5 Å². The first-order valence-corrected chi connectivity index (χ1v) is 7.68. The molecule has 6 nitrogen and oxygen atoms in total. The summed E-state index contributed by atoms with van der Waals surface area (Å²) in [6.07, 6.45) is 1.03. The van der Waals surface area contributed by atoms with Gasteiger partial charge in [-0.1, -0.05) is 0 Å². The van der Waals surface area contributed by atoms with E-state index in [4.69, 9.17) is 14.2 Å². The van der Waals surface area contributed by atoms with Crippen LogP contribution in [0.3, 0.4) is 0 Å². The predicted octanol–water partition coefficient (Wildman–Crippen LogP) is 1.21. The molecule has 0 spiro atoms. The van der Waals surface area contributed by atoms with Crippen molar-refractivity contribution in [2.45, 2.75) is 6.42 Å². The minimum atomic E-state index is 0.0647. The fraction of sp³-hybridized carbons (Fsp3) is 0.562. The Bertz CT molecular complexity index is 527. The van der Waals surface area contributed by atoms with Crippen molar-refractivity contribution in [2.24, 2.45) is 0 Å². The van der Waals surface area contributed by atoms with Crippen molar-refractivity contribution in [1.82, 2.24) is 9.80 Å². The average molecular weight is 306 g/mol. The molecule has 1 aromatic rings. The number of fused-ring (bicyclic) bond motifs is 1. The van der Waals surface area contributed by atoms with Crippen LogP contribution in [0.2, 0.25) is 0 Å². The molecule has 22 heavy (non-hydrogen) atoms. The van der Waals surface area contributed by atoms with E-state index in [-0.39, 0.29) is 12.7 Å². The molecule has 2 aliphatic heterocycles. The molecular weight excluding hydrogens is 284 g/mol. The van der Waals surface area contributed by atoms with Crippen LogP contribution in [-0.2, 0) is 4.74 Å². The van der Waals surface area contributed by atoms with Crippen LogP contribution in [0, 0.1) is 0 Å². The van der Waals surface area contributed by atoms with Crippen LogP contribution in [0.1, 0.15) is 16.8 Å². The first-order chi connectivity index (χ1) is 10.8. The number of piperazine rings is 1. The molecule has 0 atom stereocenters. The monoisotopic (exact) mass is 306 g/mol. The quantitative estimate of drug-likeness (QED) is 0.765. The molecule has 0 unspecified atom stereocenters. The topological polar surface area (TPSA) is 51.2 Å². The van der Waals surface area contributed by atoms with Crippen LogP contribution >= 0.6 is 0 Å². The van der Waals surface area contributed by atoms with Crippen molar-refractivity contribution in [3.8, 4) is 11.5 Å². The van der Waals surface area contributed by atoms with Gasteiger partial charge in [0.25, 0.3) is 5.91 Å². The number of hydrogen-bond acceptors (Lipinski definition) is 5. The van der Waals surface area contributed by atoms with Crippen molar-refractivity contribution in [2.75, 3.05) is 53.2 Å². The van der Waals surface area contributed by atoms with E-state index < -0.39 is 0 Å². The summed E-state index contributed by atoms with van der Waals surface area (Å²) in [5, 5.41) is 0. The standard InChI is InChI=1S/C16H22N2O4/c1-20-10-2-5-17-6-8-18(9-7-17)16(19)13-3-4-14-15(11-13)22-12-21-14/h3-4,11H,2,5-10,12H2,1H3. The van der Waals surface area contributed by atoms with E-state index in [9.17, 15) is 4.79 Å². The van der Waals surface area contributed by atoms with E-state index in [0.29, 0.717) is 17.1 Å². The van der Waals surface area contributed by atoms with Gasteiger partial charge in [0.2, 0.25) is 6.79 Å². The van der Waals surface area contributed by atoms with Gasteiger partial charge in [-0.25, -0.2) is 0 Å². The van der Waals surface area contributed by atoms with Crippen molar-refractivity contribution in [3.05, 3.63) is 23.8 Å². The summed E-state index contributed by atoms with van der Waals surface area (Å²) in [5.41, 5.74) is 0.664. The molecule has 0 saturated carbocycles. The van der Waals surface area contributed by atoms with E-state index in [2.05, 4.69) is 4.90 Å². The average Bonchev–Trinajstić information content (AvgIpc) is 3.02. The third-order valence-corrected chi connectivity index (χ3v) is 4.10. The number of rotatable bonds is 5.